The number of rotatable bonds is 7. The monoisotopic (exact) mass is 240 g/mol. The van der Waals surface area contributed by atoms with E-state index in [1.54, 1.807) is 7.11 Å². The molecule has 0 radical (unpaired) electrons. The van der Waals surface area contributed by atoms with Crippen LogP contribution in [0.5, 0.6) is 0 Å². The molecule has 0 aliphatic carbocycles. The fraction of sp³-hybridized carbons (Fsp3) is 0.786. The van der Waals surface area contributed by atoms with Gasteiger partial charge in [0.2, 0.25) is 0 Å². The molecule has 0 saturated carbocycles. The fourth-order valence-corrected chi connectivity index (χ4v) is 3.07. The molecular weight excluding hydrogens is 212 g/mol. The lowest BCUT2D eigenvalue weighted by atomic mass is 10.2. The first-order valence-corrected chi connectivity index (χ1v) is 9.98. The van der Waals surface area contributed by atoms with Crippen LogP contribution in [0, 0.1) is 0 Å². The molecule has 0 aliphatic heterocycles. The van der Waals surface area contributed by atoms with Crippen molar-refractivity contribution < 1.29 is 4.74 Å². The van der Waals surface area contributed by atoms with Crippen molar-refractivity contribution in [3.8, 4) is 0 Å². The van der Waals surface area contributed by atoms with Crippen LogP contribution < -0.4 is 0 Å². The third-order valence-electron chi connectivity index (χ3n) is 2.79. The zero-order valence-corrected chi connectivity index (χ0v) is 12.9. The number of ether oxygens (including phenoxy) is 1. The highest BCUT2D eigenvalue weighted by molar-refractivity contribution is 6.83. The van der Waals surface area contributed by atoms with Crippen molar-refractivity contribution in [3.63, 3.8) is 0 Å². The van der Waals surface area contributed by atoms with Gasteiger partial charge in [-0.1, -0.05) is 52.1 Å². The second-order valence-corrected chi connectivity index (χ2v) is 10.4. The molecule has 0 fully saturated rings. The van der Waals surface area contributed by atoms with E-state index in [0.29, 0.717) is 0 Å². The Morgan fingerprint density at radius 1 is 1.12 bits per heavy atom. The Morgan fingerprint density at radius 3 is 2.12 bits per heavy atom. The highest BCUT2D eigenvalue weighted by Gasteiger charge is 2.19. The average Bonchev–Trinajstić information content (AvgIpc) is 2.21. The molecule has 0 aromatic rings. The average molecular weight is 240 g/mol. The van der Waals surface area contributed by atoms with E-state index in [9.17, 15) is 0 Å². The maximum Gasteiger partial charge on any atom is 0.137 e. The first-order chi connectivity index (χ1) is 7.45. The first kappa shape index (κ1) is 15.5. The molecule has 1 nitrogen and oxygen atoms in total. The summed E-state index contributed by atoms with van der Waals surface area (Å²) < 4.78 is 5.34. The van der Waals surface area contributed by atoms with Gasteiger partial charge in [-0.3, -0.25) is 0 Å². The Kier molecular flexibility index (Phi) is 7.53. The molecule has 2 heteroatoms. The topological polar surface area (TPSA) is 9.23 Å². The van der Waals surface area contributed by atoms with Crippen LogP contribution in [0.3, 0.4) is 0 Å². The van der Waals surface area contributed by atoms with Crippen molar-refractivity contribution in [2.75, 3.05) is 7.11 Å². The van der Waals surface area contributed by atoms with Gasteiger partial charge in [-0.25, -0.2) is 0 Å². The normalized spacial score (nSPS) is 10.9. The van der Waals surface area contributed by atoms with E-state index in [0.717, 1.165) is 12.2 Å². The minimum atomic E-state index is -1.23. The Hall–Kier alpha value is -0.463. The molecular formula is C14H28OSi. The first-order valence-electron chi connectivity index (χ1n) is 6.48. The molecule has 0 amide bonds. The van der Waals surface area contributed by atoms with Crippen molar-refractivity contribution in [3.05, 3.63) is 16.7 Å². The van der Waals surface area contributed by atoms with E-state index in [1.807, 2.05) is 0 Å². The number of hydrogen-bond donors (Lipinski definition) is 0. The van der Waals surface area contributed by atoms with Gasteiger partial charge in [-0.15, -0.1) is 0 Å². The van der Waals surface area contributed by atoms with Crippen LogP contribution in [-0.4, -0.2) is 15.2 Å². The summed E-state index contributed by atoms with van der Waals surface area (Å²) in [5, 5.41) is 1.53. The minimum Gasteiger partial charge on any atom is -0.493 e. The highest BCUT2D eigenvalue weighted by Crippen LogP contribution is 2.21. The summed E-state index contributed by atoms with van der Waals surface area (Å²) in [5.74, 6) is 1.01. The van der Waals surface area contributed by atoms with Crippen LogP contribution in [0.1, 0.15) is 46.0 Å². The smallest absolute Gasteiger partial charge is 0.137 e. The van der Waals surface area contributed by atoms with Gasteiger partial charge in [-0.2, -0.15) is 0 Å². The number of allylic oxidation sites excluding steroid dienone is 1. The molecule has 0 bridgehead atoms. The zero-order chi connectivity index (χ0) is 12.6. The standard InChI is InChI=1S/C14H28OSi/c1-7-9-10-11-14(16(4,5)6)12-13(8-2)15-3/h7-11H2,1-6H3. The van der Waals surface area contributed by atoms with Crippen molar-refractivity contribution in [1.82, 2.24) is 0 Å². The van der Waals surface area contributed by atoms with Gasteiger partial charge in [0.25, 0.3) is 0 Å². The molecule has 0 atom stereocenters. The molecule has 16 heavy (non-hydrogen) atoms. The quantitative estimate of drug-likeness (QED) is 0.266. The summed E-state index contributed by atoms with van der Waals surface area (Å²) >= 11 is 0. The lowest BCUT2D eigenvalue weighted by Gasteiger charge is -2.19. The van der Waals surface area contributed by atoms with Crippen LogP contribution in [0.25, 0.3) is 0 Å². The van der Waals surface area contributed by atoms with Crippen molar-refractivity contribution in [2.24, 2.45) is 0 Å². The second-order valence-electron chi connectivity index (χ2n) is 5.29. The van der Waals surface area contributed by atoms with Crippen LogP contribution in [-0.2, 0) is 4.74 Å². The third-order valence-corrected chi connectivity index (χ3v) is 4.98. The third kappa shape index (κ3) is 6.19. The molecule has 0 saturated heterocycles. The SMILES string of the molecule is CCCCCC(=C=C(CC)OC)[Si](C)(C)C. The molecule has 0 unspecified atom stereocenters. The van der Waals surface area contributed by atoms with E-state index in [2.05, 4.69) is 39.2 Å². The van der Waals surface area contributed by atoms with Gasteiger partial charge in [0.1, 0.15) is 5.76 Å². The predicted molar refractivity (Wildman–Crippen MR) is 75.3 cm³/mol. The van der Waals surface area contributed by atoms with Crippen LogP contribution in [0.4, 0.5) is 0 Å². The molecule has 0 aromatic carbocycles. The summed E-state index contributed by atoms with van der Waals surface area (Å²) in [4.78, 5) is 0. The fourth-order valence-electron chi connectivity index (χ4n) is 1.63. The minimum absolute atomic E-state index is 0.943. The van der Waals surface area contributed by atoms with E-state index >= 15 is 0 Å². The lowest BCUT2D eigenvalue weighted by molar-refractivity contribution is 0.281. The Bertz CT molecular complexity index is 248. The second kappa shape index (κ2) is 7.75. The molecule has 94 valence electrons. The zero-order valence-electron chi connectivity index (χ0n) is 11.9. The van der Waals surface area contributed by atoms with Gasteiger partial charge in [0.05, 0.1) is 15.2 Å². The number of methoxy groups -OCH3 is 1. The molecule has 0 rings (SSSR count). The molecule has 0 aliphatic rings. The number of hydrogen-bond acceptors (Lipinski definition) is 1. The van der Waals surface area contributed by atoms with Crippen molar-refractivity contribution in [2.45, 2.75) is 65.6 Å². The highest BCUT2D eigenvalue weighted by atomic mass is 28.3. The molecule has 0 aromatic heterocycles. The van der Waals surface area contributed by atoms with Crippen molar-refractivity contribution in [1.29, 1.82) is 0 Å². The van der Waals surface area contributed by atoms with E-state index in [4.69, 9.17) is 4.74 Å². The van der Waals surface area contributed by atoms with E-state index in [-0.39, 0.29) is 0 Å². The van der Waals surface area contributed by atoms with E-state index < -0.39 is 8.07 Å². The maximum absolute atomic E-state index is 5.34. The largest absolute Gasteiger partial charge is 0.493 e. The van der Waals surface area contributed by atoms with Crippen LogP contribution in [0.2, 0.25) is 19.6 Å². The van der Waals surface area contributed by atoms with Gasteiger partial charge in [-0.05, 0) is 18.0 Å². The lowest BCUT2D eigenvalue weighted by Crippen LogP contribution is -2.23. The summed E-state index contributed by atoms with van der Waals surface area (Å²) in [7, 11) is 0.522. The summed E-state index contributed by atoms with van der Waals surface area (Å²) in [6.45, 7) is 11.6. The number of unbranched alkanes of at least 4 members (excludes halogenated alkanes) is 2. The van der Waals surface area contributed by atoms with Gasteiger partial charge in [0.15, 0.2) is 0 Å². The molecule has 0 heterocycles. The van der Waals surface area contributed by atoms with Gasteiger partial charge >= 0.3 is 0 Å². The Labute approximate surface area is 103 Å². The summed E-state index contributed by atoms with van der Waals surface area (Å²) in [5.41, 5.74) is 3.53. The Balaban J connectivity index is 4.87. The maximum atomic E-state index is 5.34. The van der Waals surface area contributed by atoms with Crippen LogP contribution >= 0.6 is 0 Å². The summed E-state index contributed by atoms with van der Waals surface area (Å²) in [6.07, 6.45) is 6.05. The Morgan fingerprint density at radius 2 is 1.75 bits per heavy atom. The van der Waals surface area contributed by atoms with Gasteiger partial charge < -0.3 is 4.74 Å². The molecule has 0 N–H and O–H groups in total. The molecule has 0 spiro atoms. The van der Waals surface area contributed by atoms with E-state index in [1.165, 1.54) is 30.9 Å². The van der Waals surface area contributed by atoms with Crippen molar-refractivity contribution >= 4 is 8.07 Å². The van der Waals surface area contributed by atoms with Gasteiger partial charge in [0, 0.05) is 6.42 Å². The summed E-state index contributed by atoms with van der Waals surface area (Å²) in [6, 6.07) is 0. The van der Waals surface area contributed by atoms with Crippen LogP contribution in [0.15, 0.2) is 16.7 Å². The predicted octanol–water partition coefficient (Wildman–Crippen LogP) is 4.91.